The molecule has 0 aliphatic carbocycles. The van der Waals surface area contributed by atoms with Crippen LogP contribution in [0.4, 0.5) is 17.6 Å². The van der Waals surface area contributed by atoms with Crippen LogP contribution in [0.3, 0.4) is 0 Å². The lowest BCUT2D eigenvalue weighted by Crippen LogP contribution is -2.26. The number of benzene rings is 1. The first-order valence-electron chi connectivity index (χ1n) is 8.15. The van der Waals surface area contributed by atoms with Crippen LogP contribution in [-0.4, -0.2) is 33.3 Å². The van der Waals surface area contributed by atoms with Crippen molar-refractivity contribution >= 4 is 5.91 Å². The van der Waals surface area contributed by atoms with E-state index in [0.29, 0.717) is 17.8 Å². The maximum Gasteiger partial charge on any atom is 0.573 e. The molecule has 1 amide bonds. The number of halogens is 4. The normalized spacial score (nSPS) is 14.0. The molecule has 2 heterocycles. The second-order valence-corrected chi connectivity index (χ2v) is 5.93. The summed E-state index contributed by atoms with van der Waals surface area (Å²) in [4.78, 5) is 18.1. The smallest absolute Gasteiger partial charge is 0.406 e. The van der Waals surface area contributed by atoms with E-state index >= 15 is 0 Å². The van der Waals surface area contributed by atoms with Gasteiger partial charge in [-0.2, -0.15) is 0 Å². The van der Waals surface area contributed by atoms with Crippen molar-refractivity contribution in [2.24, 2.45) is 0 Å². The number of hydrogen-bond donors (Lipinski definition) is 0. The molecule has 1 aromatic heterocycles. The van der Waals surface area contributed by atoms with Gasteiger partial charge in [0.25, 0.3) is 5.91 Å². The van der Waals surface area contributed by atoms with Gasteiger partial charge in [-0.1, -0.05) is 13.3 Å². The lowest BCUT2D eigenvalue weighted by atomic mass is 10.1. The molecule has 0 atom stereocenters. The maximum atomic E-state index is 13.4. The molecule has 0 unspecified atom stereocenters. The van der Waals surface area contributed by atoms with E-state index < -0.39 is 13.0 Å². The third kappa shape index (κ3) is 3.51. The fourth-order valence-electron chi connectivity index (χ4n) is 2.93. The Labute approximate surface area is 147 Å². The zero-order valence-corrected chi connectivity index (χ0v) is 14.0. The predicted molar refractivity (Wildman–Crippen MR) is 85.1 cm³/mol. The molecule has 0 saturated heterocycles. The number of aromatic nitrogens is 2. The number of unbranched alkanes of at least 4 members (excludes halogenated alkanes) is 1. The highest BCUT2D eigenvalue weighted by Crippen LogP contribution is 2.32. The van der Waals surface area contributed by atoms with Gasteiger partial charge in [0, 0.05) is 12.1 Å². The third-order valence-electron chi connectivity index (χ3n) is 4.10. The first-order valence-corrected chi connectivity index (χ1v) is 8.15. The van der Waals surface area contributed by atoms with Gasteiger partial charge in [-0.25, -0.2) is 9.37 Å². The van der Waals surface area contributed by atoms with E-state index in [1.807, 2.05) is 6.92 Å². The van der Waals surface area contributed by atoms with Crippen LogP contribution in [0.5, 0.6) is 5.75 Å². The van der Waals surface area contributed by atoms with Crippen LogP contribution < -0.4 is 4.74 Å². The van der Waals surface area contributed by atoms with Crippen molar-refractivity contribution < 1.29 is 27.1 Å². The molecular weight excluding hydrogens is 354 g/mol. The van der Waals surface area contributed by atoms with Crippen molar-refractivity contribution in [2.45, 2.75) is 39.5 Å². The summed E-state index contributed by atoms with van der Waals surface area (Å²) in [6, 6.07) is 5.08. The Morgan fingerprint density at radius 3 is 2.50 bits per heavy atom. The molecule has 9 heteroatoms. The van der Waals surface area contributed by atoms with E-state index in [1.54, 1.807) is 9.47 Å². The number of alkyl halides is 4. The van der Waals surface area contributed by atoms with Crippen LogP contribution in [0.2, 0.25) is 0 Å². The molecule has 26 heavy (non-hydrogen) atoms. The highest BCUT2D eigenvalue weighted by molar-refractivity contribution is 5.94. The fourth-order valence-corrected chi connectivity index (χ4v) is 2.93. The Morgan fingerprint density at radius 1 is 1.23 bits per heavy atom. The number of imidazole rings is 1. The Bertz CT molecular complexity index is 800. The van der Waals surface area contributed by atoms with Crippen molar-refractivity contribution in [1.82, 2.24) is 14.5 Å². The molecule has 0 N–H and O–H groups in total. The van der Waals surface area contributed by atoms with E-state index in [4.69, 9.17) is 0 Å². The van der Waals surface area contributed by atoms with Crippen LogP contribution in [0.1, 0.15) is 36.1 Å². The van der Waals surface area contributed by atoms with Gasteiger partial charge in [0.1, 0.15) is 12.4 Å². The highest BCUT2D eigenvalue weighted by atomic mass is 19.4. The zero-order valence-electron chi connectivity index (χ0n) is 14.0. The van der Waals surface area contributed by atoms with Crippen LogP contribution in [0.15, 0.2) is 24.3 Å². The summed E-state index contributed by atoms with van der Waals surface area (Å²) in [6.45, 7) is 1.95. The van der Waals surface area contributed by atoms with Crippen molar-refractivity contribution in [3.8, 4) is 17.0 Å². The van der Waals surface area contributed by atoms with Gasteiger partial charge < -0.3 is 14.2 Å². The second-order valence-electron chi connectivity index (χ2n) is 5.93. The Balaban J connectivity index is 1.92. The van der Waals surface area contributed by atoms with Gasteiger partial charge >= 0.3 is 6.36 Å². The molecule has 0 radical (unpaired) electrons. The number of carbonyl (C=O) groups excluding carboxylic acids is 1. The minimum Gasteiger partial charge on any atom is -0.406 e. The van der Waals surface area contributed by atoms with Gasteiger partial charge in [-0.05, 0) is 30.7 Å². The lowest BCUT2D eigenvalue weighted by molar-refractivity contribution is -0.274. The van der Waals surface area contributed by atoms with E-state index in [1.165, 1.54) is 12.1 Å². The van der Waals surface area contributed by atoms with Gasteiger partial charge in [0.15, 0.2) is 0 Å². The standard InChI is InChI=1S/C17H17F4N3O2/c1-2-3-8-23-10-24-14(13(9-18)22-15(24)16(23)25)11-4-6-12(7-5-11)26-17(19,20)21/h4-7H,2-3,8-10H2,1H3. The largest absolute Gasteiger partial charge is 0.573 e. The van der Waals surface area contributed by atoms with Gasteiger partial charge in [-0.15, -0.1) is 13.2 Å². The Kier molecular flexibility index (Phi) is 4.88. The summed E-state index contributed by atoms with van der Waals surface area (Å²) in [5.74, 6) is -0.486. The summed E-state index contributed by atoms with van der Waals surface area (Å²) in [5.41, 5.74) is 0.956. The highest BCUT2D eigenvalue weighted by Gasteiger charge is 2.34. The maximum absolute atomic E-state index is 13.4. The van der Waals surface area contributed by atoms with Crippen molar-refractivity contribution in [1.29, 1.82) is 0 Å². The predicted octanol–water partition coefficient (Wildman–Crippen LogP) is 4.13. The quantitative estimate of drug-likeness (QED) is 0.718. The molecule has 1 aromatic carbocycles. The third-order valence-corrected chi connectivity index (χ3v) is 4.10. The molecule has 2 aromatic rings. The van der Waals surface area contributed by atoms with Crippen LogP contribution in [0.25, 0.3) is 11.3 Å². The van der Waals surface area contributed by atoms with E-state index in [-0.39, 0.29) is 29.8 Å². The van der Waals surface area contributed by atoms with Crippen LogP contribution in [-0.2, 0) is 13.3 Å². The summed E-state index contributed by atoms with van der Waals surface area (Å²) in [7, 11) is 0. The van der Waals surface area contributed by atoms with Crippen molar-refractivity contribution in [2.75, 3.05) is 6.54 Å². The van der Waals surface area contributed by atoms with E-state index in [2.05, 4.69) is 9.72 Å². The summed E-state index contributed by atoms with van der Waals surface area (Å²) < 4.78 is 55.6. The number of fused-ring (bicyclic) bond motifs is 1. The van der Waals surface area contributed by atoms with Gasteiger partial charge in [0.2, 0.25) is 5.82 Å². The molecule has 1 aliphatic heterocycles. The SMILES string of the molecule is CCCCN1Cn2c(nc(CF)c2-c2ccc(OC(F)(F)F)cc2)C1=O. The van der Waals surface area contributed by atoms with Gasteiger partial charge in [0.05, 0.1) is 18.1 Å². The zero-order chi connectivity index (χ0) is 18.9. The first-order chi connectivity index (χ1) is 12.3. The number of nitrogens with zero attached hydrogens (tertiary/aromatic N) is 3. The number of ether oxygens (including phenoxy) is 1. The second kappa shape index (κ2) is 6.97. The van der Waals surface area contributed by atoms with Crippen molar-refractivity contribution in [3.63, 3.8) is 0 Å². The number of carbonyl (C=O) groups is 1. The lowest BCUT2D eigenvalue weighted by Gasteiger charge is -2.16. The molecule has 5 nitrogen and oxygen atoms in total. The molecule has 0 fully saturated rings. The molecule has 0 spiro atoms. The van der Waals surface area contributed by atoms with E-state index in [9.17, 15) is 22.4 Å². The summed E-state index contributed by atoms with van der Waals surface area (Å²) in [6.07, 6.45) is -3.02. The number of hydrogen-bond acceptors (Lipinski definition) is 3. The Morgan fingerprint density at radius 2 is 1.92 bits per heavy atom. The molecular formula is C17H17F4N3O2. The summed E-state index contributed by atoms with van der Waals surface area (Å²) >= 11 is 0. The minimum absolute atomic E-state index is 0.0907. The molecule has 1 aliphatic rings. The average molecular weight is 371 g/mol. The first kappa shape index (κ1) is 18.2. The van der Waals surface area contributed by atoms with Gasteiger partial charge in [-0.3, -0.25) is 4.79 Å². The van der Waals surface area contributed by atoms with Crippen LogP contribution >= 0.6 is 0 Å². The van der Waals surface area contributed by atoms with E-state index in [0.717, 1.165) is 25.0 Å². The fraction of sp³-hybridized carbons (Fsp3) is 0.412. The minimum atomic E-state index is -4.78. The summed E-state index contributed by atoms with van der Waals surface area (Å²) in [5, 5.41) is 0. The molecule has 0 saturated carbocycles. The number of rotatable bonds is 6. The van der Waals surface area contributed by atoms with Crippen LogP contribution in [0, 0.1) is 0 Å². The monoisotopic (exact) mass is 371 g/mol. The Hall–Kier alpha value is -2.58. The van der Waals surface area contributed by atoms with Crippen molar-refractivity contribution in [3.05, 3.63) is 35.8 Å². The topological polar surface area (TPSA) is 47.4 Å². The molecule has 140 valence electrons. The molecule has 0 bridgehead atoms. The molecule has 3 rings (SSSR count). The average Bonchev–Trinajstić information content (AvgIpc) is 3.09. The number of amides is 1.